The number of anilines is 1. The van der Waals surface area contributed by atoms with E-state index in [9.17, 15) is 4.39 Å². The Morgan fingerprint density at radius 3 is 2.63 bits per heavy atom. The molecule has 2 rings (SSSR count). The van der Waals surface area contributed by atoms with E-state index in [0.29, 0.717) is 18.1 Å². The fourth-order valence-electron chi connectivity index (χ4n) is 1.97. The van der Waals surface area contributed by atoms with Gasteiger partial charge in [-0.1, -0.05) is 23.7 Å². The first-order chi connectivity index (χ1) is 9.08. The molecule has 0 atom stereocenters. The van der Waals surface area contributed by atoms with E-state index in [2.05, 4.69) is 0 Å². The lowest BCUT2D eigenvalue weighted by Gasteiger charge is -2.20. The summed E-state index contributed by atoms with van der Waals surface area (Å²) in [5, 5.41) is 0.702. The average molecular weight is 279 g/mol. The van der Waals surface area contributed by atoms with Gasteiger partial charge in [0.2, 0.25) is 0 Å². The molecule has 0 aromatic heterocycles. The fourth-order valence-corrected chi connectivity index (χ4v) is 2.18. The minimum Gasteiger partial charge on any atom is -0.370 e. The first-order valence-corrected chi connectivity index (χ1v) is 6.41. The molecular formula is C15H16ClFN2. The molecule has 0 saturated carbocycles. The molecule has 4 heteroatoms. The standard InChI is InChI=1S/C15H16ClFN2/c1-19(10-11-3-2-4-13(16)5-11)15-7-12(9-18)6-14(17)8-15/h2-8H,9-10,18H2,1H3. The first kappa shape index (κ1) is 13.8. The van der Waals surface area contributed by atoms with Gasteiger partial charge in [0, 0.05) is 30.8 Å². The smallest absolute Gasteiger partial charge is 0.125 e. The van der Waals surface area contributed by atoms with Crippen LogP contribution in [0.3, 0.4) is 0 Å². The second-order valence-electron chi connectivity index (χ2n) is 4.51. The zero-order valence-corrected chi connectivity index (χ0v) is 11.5. The molecule has 0 saturated heterocycles. The van der Waals surface area contributed by atoms with Crippen LogP contribution in [0.15, 0.2) is 42.5 Å². The lowest BCUT2D eigenvalue weighted by atomic mass is 10.1. The van der Waals surface area contributed by atoms with Gasteiger partial charge >= 0.3 is 0 Å². The molecule has 0 spiro atoms. The molecule has 19 heavy (non-hydrogen) atoms. The van der Waals surface area contributed by atoms with E-state index < -0.39 is 0 Å². The molecule has 0 heterocycles. The van der Waals surface area contributed by atoms with Crippen molar-refractivity contribution in [3.05, 3.63) is 64.4 Å². The number of nitrogens with zero attached hydrogens (tertiary/aromatic N) is 1. The maximum Gasteiger partial charge on any atom is 0.125 e. The molecular weight excluding hydrogens is 263 g/mol. The summed E-state index contributed by atoms with van der Waals surface area (Å²) in [6, 6.07) is 12.5. The van der Waals surface area contributed by atoms with Crippen LogP contribution in [0.5, 0.6) is 0 Å². The zero-order chi connectivity index (χ0) is 13.8. The maximum atomic E-state index is 13.5. The van der Waals surface area contributed by atoms with Crippen molar-refractivity contribution < 1.29 is 4.39 Å². The number of halogens is 2. The van der Waals surface area contributed by atoms with E-state index in [4.69, 9.17) is 17.3 Å². The summed E-state index contributed by atoms with van der Waals surface area (Å²) in [5.74, 6) is -0.268. The molecule has 0 aliphatic heterocycles. The summed E-state index contributed by atoms with van der Waals surface area (Å²) < 4.78 is 13.5. The summed E-state index contributed by atoms with van der Waals surface area (Å²) in [5.41, 5.74) is 8.23. The second-order valence-corrected chi connectivity index (χ2v) is 4.94. The van der Waals surface area contributed by atoms with E-state index in [0.717, 1.165) is 16.8 Å². The van der Waals surface area contributed by atoms with E-state index in [1.807, 2.05) is 42.3 Å². The Morgan fingerprint density at radius 1 is 1.16 bits per heavy atom. The highest BCUT2D eigenvalue weighted by Gasteiger charge is 2.06. The summed E-state index contributed by atoms with van der Waals surface area (Å²) in [6.45, 7) is 0.990. The molecule has 2 N–H and O–H groups in total. The Bertz CT molecular complexity index is 572. The molecule has 0 amide bonds. The quantitative estimate of drug-likeness (QED) is 0.926. The van der Waals surface area contributed by atoms with Gasteiger partial charge in [-0.3, -0.25) is 0 Å². The molecule has 2 aromatic carbocycles. The van der Waals surface area contributed by atoms with Crippen LogP contribution in [0.1, 0.15) is 11.1 Å². The molecule has 0 bridgehead atoms. The Morgan fingerprint density at radius 2 is 1.95 bits per heavy atom. The normalized spacial score (nSPS) is 10.5. The van der Waals surface area contributed by atoms with Crippen LogP contribution in [0, 0.1) is 5.82 Å². The molecule has 0 radical (unpaired) electrons. The molecule has 0 aliphatic carbocycles. The van der Waals surface area contributed by atoms with Crippen LogP contribution in [-0.2, 0) is 13.1 Å². The van der Waals surface area contributed by atoms with Gasteiger partial charge in [0.1, 0.15) is 5.82 Å². The van der Waals surface area contributed by atoms with Gasteiger partial charge in [0.25, 0.3) is 0 Å². The summed E-state index contributed by atoms with van der Waals surface area (Å²) in [6.07, 6.45) is 0. The van der Waals surface area contributed by atoms with Crippen LogP contribution in [0.4, 0.5) is 10.1 Å². The number of benzene rings is 2. The van der Waals surface area contributed by atoms with Gasteiger partial charge < -0.3 is 10.6 Å². The van der Waals surface area contributed by atoms with Crippen LogP contribution in [0.25, 0.3) is 0 Å². The van der Waals surface area contributed by atoms with Gasteiger partial charge in [0.15, 0.2) is 0 Å². The predicted molar refractivity (Wildman–Crippen MR) is 77.9 cm³/mol. The highest BCUT2D eigenvalue weighted by Crippen LogP contribution is 2.20. The topological polar surface area (TPSA) is 29.3 Å². The Kier molecular flexibility index (Phi) is 4.40. The van der Waals surface area contributed by atoms with Crippen LogP contribution >= 0.6 is 11.6 Å². The van der Waals surface area contributed by atoms with Crippen molar-refractivity contribution in [2.24, 2.45) is 5.73 Å². The van der Waals surface area contributed by atoms with Gasteiger partial charge in [-0.2, -0.15) is 0 Å². The second kappa shape index (κ2) is 6.04. The molecule has 0 unspecified atom stereocenters. The number of hydrogen-bond donors (Lipinski definition) is 1. The third kappa shape index (κ3) is 3.69. The number of rotatable bonds is 4. The average Bonchev–Trinajstić information content (AvgIpc) is 2.38. The first-order valence-electron chi connectivity index (χ1n) is 6.03. The molecule has 2 aromatic rings. The summed E-state index contributed by atoms with van der Waals surface area (Å²) in [7, 11) is 1.91. The van der Waals surface area contributed by atoms with Crippen molar-refractivity contribution >= 4 is 17.3 Å². The third-order valence-electron chi connectivity index (χ3n) is 2.93. The van der Waals surface area contributed by atoms with Gasteiger partial charge in [-0.25, -0.2) is 4.39 Å². The van der Waals surface area contributed by atoms with Gasteiger partial charge in [-0.15, -0.1) is 0 Å². The lowest BCUT2D eigenvalue weighted by molar-refractivity contribution is 0.624. The van der Waals surface area contributed by atoms with Crippen molar-refractivity contribution in [1.82, 2.24) is 0 Å². The monoisotopic (exact) mass is 278 g/mol. The Labute approximate surface area is 117 Å². The minimum atomic E-state index is -0.268. The van der Waals surface area contributed by atoms with E-state index in [-0.39, 0.29) is 5.82 Å². The van der Waals surface area contributed by atoms with Crippen molar-refractivity contribution in [1.29, 1.82) is 0 Å². The van der Waals surface area contributed by atoms with Crippen LogP contribution in [-0.4, -0.2) is 7.05 Å². The summed E-state index contributed by atoms with van der Waals surface area (Å²) in [4.78, 5) is 1.97. The third-order valence-corrected chi connectivity index (χ3v) is 3.16. The largest absolute Gasteiger partial charge is 0.370 e. The number of nitrogens with two attached hydrogens (primary N) is 1. The molecule has 0 aliphatic rings. The van der Waals surface area contributed by atoms with Crippen molar-refractivity contribution in [2.75, 3.05) is 11.9 Å². The highest BCUT2D eigenvalue weighted by molar-refractivity contribution is 6.30. The van der Waals surface area contributed by atoms with Crippen LogP contribution < -0.4 is 10.6 Å². The maximum absolute atomic E-state index is 13.5. The zero-order valence-electron chi connectivity index (χ0n) is 10.7. The predicted octanol–water partition coefficient (Wildman–Crippen LogP) is 3.57. The SMILES string of the molecule is CN(Cc1cccc(Cl)c1)c1cc(F)cc(CN)c1. The van der Waals surface area contributed by atoms with Crippen molar-refractivity contribution in [3.8, 4) is 0 Å². The van der Waals surface area contributed by atoms with Gasteiger partial charge in [-0.05, 0) is 41.5 Å². The van der Waals surface area contributed by atoms with Gasteiger partial charge in [0.05, 0.1) is 0 Å². The molecule has 2 nitrogen and oxygen atoms in total. The van der Waals surface area contributed by atoms with Crippen molar-refractivity contribution in [3.63, 3.8) is 0 Å². The minimum absolute atomic E-state index is 0.268. The van der Waals surface area contributed by atoms with E-state index in [1.165, 1.54) is 12.1 Å². The molecule has 100 valence electrons. The lowest BCUT2D eigenvalue weighted by Crippen LogP contribution is -2.17. The van der Waals surface area contributed by atoms with E-state index >= 15 is 0 Å². The summed E-state index contributed by atoms with van der Waals surface area (Å²) >= 11 is 5.95. The van der Waals surface area contributed by atoms with Crippen LogP contribution in [0.2, 0.25) is 5.02 Å². The Hall–Kier alpha value is -1.58. The fraction of sp³-hybridized carbons (Fsp3) is 0.200. The van der Waals surface area contributed by atoms with E-state index in [1.54, 1.807) is 0 Å². The molecule has 0 fully saturated rings. The van der Waals surface area contributed by atoms with Crippen molar-refractivity contribution in [2.45, 2.75) is 13.1 Å². The highest BCUT2D eigenvalue weighted by atomic mass is 35.5. The number of hydrogen-bond acceptors (Lipinski definition) is 2. The Balaban J connectivity index is 2.20.